The fourth-order valence-electron chi connectivity index (χ4n) is 4.98. The highest BCUT2D eigenvalue weighted by Gasteiger charge is 2.32. The molecule has 0 saturated carbocycles. The summed E-state index contributed by atoms with van der Waals surface area (Å²) in [6.07, 6.45) is 4.26. The van der Waals surface area contributed by atoms with Crippen molar-refractivity contribution < 1.29 is 14.7 Å². The average Bonchev–Trinajstić information content (AvgIpc) is 3.35. The van der Waals surface area contributed by atoms with Crippen molar-refractivity contribution in [1.82, 2.24) is 14.8 Å². The van der Waals surface area contributed by atoms with Gasteiger partial charge in [0.2, 0.25) is 11.8 Å². The lowest BCUT2D eigenvalue weighted by Crippen LogP contribution is -2.36. The molecule has 0 aliphatic heterocycles. The number of amides is 2. The standard InChI is InChI=1S/C32H37N5O3/c1-32(2,3)22-13-15-23(16-14-22)37-24(20-28(36-37)27-10-6-7-19-35-27)8-4-5-9-26(30(33)39)29(31(34)40)21-11-17-25(38)18-12-21/h6-7,10-20,26,29,38H,4-5,8-9H2,1-3H3,(H2,33,39)(H2,34,40). The normalized spacial score (nSPS) is 13.1. The summed E-state index contributed by atoms with van der Waals surface area (Å²) in [6.45, 7) is 6.55. The quantitative estimate of drug-likeness (QED) is 0.230. The summed E-state index contributed by atoms with van der Waals surface area (Å²) in [5.74, 6) is -2.73. The molecule has 208 valence electrons. The number of benzene rings is 2. The van der Waals surface area contributed by atoms with Crippen molar-refractivity contribution in [3.63, 3.8) is 0 Å². The number of rotatable bonds is 11. The molecular formula is C32H37N5O3. The number of carbonyl (C=O) groups excluding carboxylic acids is 2. The molecule has 0 saturated heterocycles. The van der Waals surface area contributed by atoms with E-state index in [-0.39, 0.29) is 11.2 Å². The maximum Gasteiger partial charge on any atom is 0.225 e. The maximum atomic E-state index is 12.4. The summed E-state index contributed by atoms with van der Waals surface area (Å²) in [5, 5.41) is 14.5. The second kappa shape index (κ2) is 12.2. The minimum Gasteiger partial charge on any atom is -0.508 e. The van der Waals surface area contributed by atoms with Crippen LogP contribution in [-0.2, 0) is 21.4 Å². The van der Waals surface area contributed by atoms with Crippen molar-refractivity contribution in [3.8, 4) is 22.8 Å². The highest BCUT2D eigenvalue weighted by molar-refractivity contribution is 5.89. The molecule has 8 heteroatoms. The van der Waals surface area contributed by atoms with Gasteiger partial charge in [0, 0.05) is 11.9 Å². The lowest BCUT2D eigenvalue weighted by atomic mass is 9.81. The number of hydrogen-bond acceptors (Lipinski definition) is 5. The molecule has 0 aliphatic carbocycles. The van der Waals surface area contributed by atoms with Crippen LogP contribution in [0, 0.1) is 5.92 Å². The molecule has 0 aliphatic rings. The molecule has 4 rings (SSSR count). The van der Waals surface area contributed by atoms with E-state index in [1.165, 1.54) is 17.7 Å². The van der Waals surface area contributed by atoms with E-state index in [0.29, 0.717) is 24.8 Å². The third-order valence-electron chi connectivity index (χ3n) is 7.21. The first kappa shape index (κ1) is 28.5. The van der Waals surface area contributed by atoms with Gasteiger partial charge in [-0.25, -0.2) is 4.68 Å². The number of unbranched alkanes of at least 4 members (excludes halogenated alkanes) is 1. The summed E-state index contributed by atoms with van der Waals surface area (Å²) in [6, 6.07) is 22.4. The Bertz CT molecular complexity index is 1440. The van der Waals surface area contributed by atoms with Crippen molar-refractivity contribution >= 4 is 11.8 Å². The number of primary amides is 2. The van der Waals surface area contributed by atoms with Crippen LogP contribution in [0.2, 0.25) is 0 Å². The molecule has 0 spiro atoms. The van der Waals surface area contributed by atoms with Crippen LogP contribution in [0.5, 0.6) is 5.75 Å². The highest BCUT2D eigenvalue weighted by Crippen LogP contribution is 2.31. The fourth-order valence-corrected chi connectivity index (χ4v) is 4.98. The molecule has 8 nitrogen and oxygen atoms in total. The monoisotopic (exact) mass is 539 g/mol. The second-order valence-corrected chi connectivity index (χ2v) is 11.2. The second-order valence-electron chi connectivity index (χ2n) is 11.2. The Labute approximate surface area is 235 Å². The van der Waals surface area contributed by atoms with E-state index in [0.717, 1.165) is 29.2 Å². The Balaban J connectivity index is 1.53. The van der Waals surface area contributed by atoms with Crippen molar-refractivity contribution in [2.24, 2.45) is 17.4 Å². The van der Waals surface area contributed by atoms with Gasteiger partial charge in [0.25, 0.3) is 0 Å². The van der Waals surface area contributed by atoms with Gasteiger partial charge in [0.1, 0.15) is 11.4 Å². The minimum absolute atomic E-state index is 0.0461. The number of aryl methyl sites for hydroxylation is 1. The summed E-state index contributed by atoms with van der Waals surface area (Å²) in [4.78, 5) is 29.2. The molecule has 2 unspecified atom stereocenters. The summed E-state index contributed by atoms with van der Waals surface area (Å²) < 4.78 is 1.95. The van der Waals surface area contributed by atoms with Crippen molar-refractivity contribution in [2.45, 2.75) is 57.8 Å². The van der Waals surface area contributed by atoms with Crippen LogP contribution in [0.25, 0.3) is 17.1 Å². The zero-order chi connectivity index (χ0) is 28.9. The Hall–Kier alpha value is -4.46. The van der Waals surface area contributed by atoms with Crippen LogP contribution >= 0.6 is 0 Å². The first-order valence-corrected chi connectivity index (χ1v) is 13.5. The minimum atomic E-state index is -0.860. The molecule has 0 bridgehead atoms. The molecular weight excluding hydrogens is 502 g/mol. The third kappa shape index (κ3) is 6.75. The lowest BCUT2D eigenvalue weighted by molar-refractivity contribution is -0.128. The number of carbonyl (C=O) groups is 2. The van der Waals surface area contributed by atoms with E-state index < -0.39 is 23.7 Å². The SMILES string of the molecule is CC(C)(C)c1ccc(-n2nc(-c3ccccn3)cc2CCCCC(C(N)=O)C(C(N)=O)c2ccc(O)cc2)cc1. The number of aromatic hydroxyl groups is 1. The Kier molecular flexibility index (Phi) is 8.67. The van der Waals surface area contributed by atoms with Gasteiger partial charge in [0.15, 0.2) is 0 Å². The number of hydrogen-bond donors (Lipinski definition) is 3. The molecule has 0 fully saturated rings. The van der Waals surface area contributed by atoms with E-state index >= 15 is 0 Å². The molecule has 2 aromatic carbocycles. The molecule has 4 aromatic rings. The number of nitrogens with zero attached hydrogens (tertiary/aromatic N) is 3. The van der Waals surface area contributed by atoms with Crippen molar-refractivity contribution in [3.05, 3.63) is 95.8 Å². The maximum absolute atomic E-state index is 12.4. The van der Waals surface area contributed by atoms with E-state index in [1.807, 2.05) is 28.9 Å². The Morgan fingerprint density at radius 3 is 2.17 bits per heavy atom. The number of phenolic OH excluding ortho intramolecular Hbond substituents is 1. The van der Waals surface area contributed by atoms with Gasteiger partial charge in [-0.15, -0.1) is 0 Å². The van der Waals surface area contributed by atoms with Gasteiger partial charge in [-0.2, -0.15) is 5.10 Å². The van der Waals surface area contributed by atoms with Crippen molar-refractivity contribution in [1.29, 1.82) is 0 Å². The highest BCUT2D eigenvalue weighted by atomic mass is 16.3. The Morgan fingerprint density at radius 1 is 0.900 bits per heavy atom. The number of pyridine rings is 1. The summed E-state index contributed by atoms with van der Waals surface area (Å²) >= 11 is 0. The van der Waals surface area contributed by atoms with Crippen LogP contribution in [0.15, 0.2) is 79.0 Å². The number of aromatic nitrogens is 3. The zero-order valence-corrected chi connectivity index (χ0v) is 23.2. The van der Waals surface area contributed by atoms with Crippen LogP contribution < -0.4 is 11.5 Å². The third-order valence-corrected chi connectivity index (χ3v) is 7.21. The van der Waals surface area contributed by atoms with Gasteiger partial charge in [0.05, 0.1) is 23.2 Å². The van der Waals surface area contributed by atoms with E-state index in [9.17, 15) is 14.7 Å². The van der Waals surface area contributed by atoms with Gasteiger partial charge >= 0.3 is 0 Å². The van der Waals surface area contributed by atoms with Crippen LogP contribution in [0.3, 0.4) is 0 Å². The summed E-state index contributed by atoms with van der Waals surface area (Å²) in [5.41, 5.74) is 16.8. The number of nitrogens with two attached hydrogens (primary N) is 2. The Morgan fingerprint density at radius 2 is 1.60 bits per heavy atom. The average molecular weight is 540 g/mol. The van der Waals surface area contributed by atoms with Crippen molar-refractivity contribution in [2.75, 3.05) is 0 Å². The van der Waals surface area contributed by atoms with Gasteiger partial charge in [-0.1, -0.05) is 57.5 Å². The smallest absolute Gasteiger partial charge is 0.225 e. The molecule has 2 aromatic heterocycles. The van der Waals surface area contributed by atoms with E-state index in [1.54, 1.807) is 18.3 Å². The molecule has 0 radical (unpaired) electrons. The molecule has 2 atom stereocenters. The van der Waals surface area contributed by atoms with Gasteiger partial charge < -0.3 is 16.6 Å². The first-order valence-electron chi connectivity index (χ1n) is 13.5. The van der Waals surface area contributed by atoms with E-state index in [4.69, 9.17) is 16.6 Å². The molecule has 40 heavy (non-hydrogen) atoms. The predicted octanol–water partition coefficient (Wildman–Crippen LogP) is 5.02. The topological polar surface area (TPSA) is 137 Å². The van der Waals surface area contributed by atoms with E-state index in [2.05, 4.69) is 50.0 Å². The van der Waals surface area contributed by atoms with Gasteiger partial charge in [-0.05, 0) is 78.3 Å². The number of phenols is 1. The summed E-state index contributed by atoms with van der Waals surface area (Å²) in [7, 11) is 0. The molecule has 2 heterocycles. The largest absolute Gasteiger partial charge is 0.508 e. The zero-order valence-electron chi connectivity index (χ0n) is 23.2. The van der Waals surface area contributed by atoms with Crippen LogP contribution in [0.1, 0.15) is 62.8 Å². The first-order chi connectivity index (χ1) is 19.0. The predicted molar refractivity (Wildman–Crippen MR) is 156 cm³/mol. The lowest BCUT2D eigenvalue weighted by Gasteiger charge is -2.22. The van der Waals surface area contributed by atoms with Gasteiger partial charge in [-0.3, -0.25) is 14.6 Å². The molecule has 5 N–H and O–H groups in total. The molecule has 2 amide bonds. The fraction of sp³-hybridized carbons (Fsp3) is 0.312. The van der Waals surface area contributed by atoms with Crippen LogP contribution in [0.4, 0.5) is 0 Å². The van der Waals surface area contributed by atoms with Crippen LogP contribution in [-0.4, -0.2) is 31.7 Å².